The van der Waals surface area contributed by atoms with Crippen LogP contribution in [0.2, 0.25) is 10.0 Å². The lowest BCUT2D eigenvalue weighted by Crippen LogP contribution is -2.39. The summed E-state index contributed by atoms with van der Waals surface area (Å²) in [5, 5.41) is 5.31. The van der Waals surface area contributed by atoms with Crippen molar-refractivity contribution in [3.63, 3.8) is 0 Å². The van der Waals surface area contributed by atoms with Crippen LogP contribution in [0.5, 0.6) is 0 Å². The Hall–Kier alpha value is -2.61. The van der Waals surface area contributed by atoms with Gasteiger partial charge in [0.25, 0.3) is 5.91 Å². The van der Waals surface area contributed by atoms with Gasteiger partial charge in [0.1, 0.15) is 6.73 Å². The highest BCUT2D eigenvalue weighted by Crippen LogP contribution is 2.38. The number of hydrogen-bond donors (Lipinski definition) is 0. The third-order valence-corrected chi connectivity index (χ3v) is 5.63. The highest BCUT2D eigenvalue weighted by molar-refractivity contribution is 6.34. The molecule has 0 bridgehead atoms. The Balaban J connectivity index is 1.82. The molecule has 2 aromatic carbocycles. The molecule has 2 aromatic rings. The summed E-state index contributed by atoms with van der Waals surface area (Å²) in [6.45, 7) is 5.65. The number of nitrogens with zero attached hydrogens (tertiary/aromatic N) is 2. The molecule has 9 heteroatoms. The van der Waals surface area contributed by atoms with Crippen LogP contribution in [-0.2, 0) is 19.9 Å². The zero-order valence-electron chi connectivity index (χ0n) is 18.3. The van der Waals surface area contributed by atoms with Crippen molar-refractivity contribution in [1.29, 1.82) is 0 Å². The first-order chi connectivity index (χ1) is 15.2. The minimum atomic E-state index is -0.781. The summed E-state index contributed by atoms with van der Waals surface area (Å²) in [5.41, 5.74) is 2.69. The maximum Gasteiger partial charge on any atom is 0.418 e. The Labute approximate surface area is 196 Å². The van der Waals surface area contributed by atoms with Crippen LogP contribution in [0.1, 0.15) is 47.3 Å². The first-order valence-electron chi connectivity index (χ1n) is 9.98. The van der Waals surface area contributed by atoms with Crippen LogP contribution >= 0.6 is 23.2 Å². The molecule has 2 amide bonds. The molecule has 170 valence electrons. The van der Waals surface area contributed by atoms with E-state index in [1.54, 1.807) is 44.2 Å². The standard InChI is InChI=1S/C23H24Cl2N2O5/c1-5-31-13-27(22(29)30-4)21(28)19-7-6-15(8-14(19)2)20-12-23(3,32-26-20)16-9-17(24)11-18(25)10-16/h6-11H,5,12-13H2,1-4H3. The van der Waals surface area contributed by atoms with Gasteiger partial charge in [0.2, 0.25) is 0 Å². The van der Waals surface area contributed by atoms with Gasteiger partial charge in [0.15, 0.2) is 5.60 Å². The molecule has 0 radical (unpaired) electrons. The Bertz CT molecular complexity index is 1050. The van der Waals surface area contributed by atoms with E-state index in [2.05, 4.69) is 5.16 Å². The van der Waals surface area contributed by atoms with Crippen molar-refractivity contribution in [2.45, 2.75) is 32.8 Å². The number of ether oxygens (including phenoxy) is 2. The van der Waals surface area contributed by atoms with Crippen molar-refractivity contribution in [2.24, 2.45) is 5.16 Å². The summed E-state index contributed by atoms with van der Waals surface area (Å²) in [4.78, 5) is 31.6. The summed E-state index contributed by atoms with van der Waals surface area (Å²) in [7, 11) is 1.22. The number of carbonyl (C=O) groups is 2. The van der Waals surface area contributed by atoms with E-state index >= 15 is 0 Å². The first kappa shape index (κ1) is 24.0. The van der Waals surface area contributed by atoms with Crippen LogP contribution in [-0.4, -0.2) is 43.1 Å². The van der Waals surface area contributed by atoms with Gasteiger partial charge >= 0.3 is 6.09 Å². The molecule has 7 nitrogen and oxygen atoms in total. The summed E-state index contributed by atoms with van der Waals surface area (Å²) in [5.74, 6) is -0.502. The van der Waals surface area contributed by atoms with Crippen molar-refractivity contribution in [1.82, 2.24) is 4.90 Å². The summed E-state index contributed by atoms with van der Waals surface area (Å²) >= 11 is 12.3. The van der Waals surface area contributed by atoms with Crippen LogP contribution in [0.25, 0.3) is 0 Å². The molecule has 0 saturated carbocycles. The average molecular weight is 479 g/mol. The number of benzene rings is 2. The largest absolute Gasteiger partial charge is 0.452 e. The number of carbonyl (C=O) groups excluding carboxylic acids is 2. The van der Waals surface area contributed by atoms with Gasteiger partial charge in [-0.25, -0.2) is 9.69 Å². The van der Waals surface area contributed by atoms with E-state index in [1.165, 1.54) is 7.11 Å². The fraction of sp³-hybridized carbons (Fsp3) is 0.348. The van der Waals surface area contributed by atoms with Crippen molar-refractivity contribution < 1.29 is 23.9 Å². The number of amides is 2. The number of methoxy groups -OCH3 is 1. The van der Waals surface area contributed by atoms with Gasteiger partial charge in [0, 0.05) is 34.2 Å². The van der Waals surface area contributed by atoms with Crippen LogP contribution < -0.4 is 0 Å². The van der Waals surface area contributed by atoms with Crippen LogP contribution in [0.15, 0.2) is 41.6 Å². The van der Waals surface area contributed by atoms with E-state index in [9.17, 15) is 9.59 Å². The number of hydrogen-bond acceptors (Lipinski definition) is 6. The molecule has 0 aromatic heterocycles. The van der Waals surface area contributed by atoms with E-state index < -0.39 is 17.6 Å². The second-order valence-corrected chi connectivity index (χ2v) is 8.42. The summed E-state index contributed by atoms with van der Waals surface area (Å²) in [6.07, 6.45) is -0.286. The van der Waals surface area contributed by atoms with Crippen molar-refractivity contribution >= 4 is 40.9 Å². The topological polar surface area (TPSA) is 77.4 Å². The molecular formula is C23H24Cl2N2O5. The fourth-order valence-electron chi connectivity index (χ4n) is 3.42. The molecule has 1 atom stereocenters. The highest BCUT2D eigenvalue weighted by Gasteiger charge is 2.37. The van der Waals surface area contributed by atoms with Crippen molar-refractivity contribution in [2.75, 3.05) is 20.4 Å². The van der Waals surface area contributed by atoms with E-state index in [4.69, 9.17) is 37.5 Å². The lowest BCUT2D eigenvalue weighted by Gasteiger charge is -2.22. The van der Waals surface area contributed by atoms with Gasteiger partial charge in [-0.3, -0.25) is 4.79 Å². The highest BCUT2D eigenvalue weighted by atomic mass is 35.5. The third kappa shape index (κ3) is 5.06. The average Bonchev–Trinajstić information content (AvgIpc) is 3.16. The molecule has 1 aliphatic rings. The zero-order valence-corrected chi connectivity index (χ0v) is 19.8. The number of halogens is 2. The Morgan fingerprint density at radius 1 is 1.19 bits per heavy atom. The molecule has 0 saturated heterocycles. The van der Waals surface area contributed by atoms with Crippen LogP contribution in [0.4, 0.5) is 4.79 Å². The van der Waals surface area contributed by atoms with E-state index in [1.807, 2.05) is 13.0 Å². The first-order valence-corrected chi connectivity index (χ1v) is 10.7. The smallest absolute Gasteiger partial charge is 0.418 e. The summed E-state index contributed by atoms with van der Waals surface area (Å²) < 4.78 is 9.95. The Morgan fingerprint density at radius 2 is 1.88 bits per heavy atom. The molecule has 3 rings (SSSR count). The van der Waals surface area contributed by atoms with Crippen LogP contribution in [0.3, 0.4) is 0 Å². The molecule has 0 fully saturated rings. The van der Waals surface area contributed by atoms with Gasteiger partial charge in [-0.1, -0.05) is 34.4 Å². The predicted molar refractivity (Wildman–Crippen MR) is 122 cm³/mol. The minimum Gasteiger partial charge on any atom is -0.452 e. The Kier molecular flexibility index (Phi) is 7.44. The minimum absolute atomic E-state index is 0.190. The molecular weight excluding hydrogens is 455 g/mol. The quantitative estimate of drug-likeness (QED) is 0.508. The lowest BCUT2D eigenvalue weighted by atomic mass is 9.88. The number of rotatable bonds is 6. The molecule has 0 aliphatic carbocycles. The number of oxime groups is 1. The van der Waals surface area contributed by atoms with Gasteiger partial charge in [-0.05, 0) is 62.2 Å². The zero-order chi connectivity index (χ0) is 23.5. The van der Waals surface area contributed by atoms with Gasteiger partial charge in [0.05, 0.1) is 12.8 Å². The van der Waals surface area contributed by atoms with E-state index in [0.29, 0.717) is 34.2 Å². The number of aryl methyl sites for hydroxylation is 1. The molecule has 32 heavy (non-hydrogen) atoms. The second kappa shape index (κ2) is 9.90. The Morgan fingerprint density at radius 3 is 2.47 bits per heavy atom. The molecule has 0 N–H and O–H groups in total. The molecule has 1 aliphatic heterocycles. The maximum absolute atomic E-state index is 12.9. The van der Waals surface area contributed by atoms with E-state index in [0.717, 1.165) is 21.7 Å². The summed E-state index contributed by atoms with van der Waals surface area (Å²) in [6, 6.07) is 10.5. The predicted octanol–water partition coefficient (Wildman–Crippen LogP) is 5.54. The SMILES string of the molecule is CCOCN(C(=O)OC)C(=O)c1ccc(C2=NOC(C)(c3cc(Cl)cc(Cl)c3)C2)cc1C. The van der Waals surface area contributed by atoms with Crippen molar-refractivity contribution in [3.05, 3.63) is 68.7 Å². The second-order valence-electron chi connectivity index (χ2n) is 7.55. The normalized spacial score (nSPS) is 17.5. The third-order valence-electron chi connectivity index (χ3n) is 5.19. The van der Waals surface area contributed by atoms with Gasteiger partial charge in [-0.2, -0.15) is 0 Å². The maximum atomic E-state index is 12.9. The monoisotopic (exact) mass is 478 g/mol. The fourth-order valence-corrected chi connectivity index (χ4v) is 3.95. The van der Waals surface area contributed by atoms with Gasteiger partial charge in [-0.15, -0.1) is 0 Å². The number of imide groups is 1. The molecule has 0 spiro atoms. The van der Waals surface area contributed by atoms with E-state index in [-0.39, 0.29) is 6.73 Å². The van der Waals surface area contributed by atoms with Gasteiger partial charge < -0.3 is 14.3 Å². The molecule has 1 heterocycles. The van der Waals surface area contributed by atoms with Crippen LogP contribution in [0, 0.1) is 6.92 Å². The van der Waals surface area contributed by atoms with Crippen molar-refractivity contribution in [3.8, 4) is 0 Å². The lowest BCUT2D eigenvalue weighted by molar-refractivity contribution is -0.00738. The molecule has 1 unspecified atom stereocenters.